The van der Waals surface area contributed by atoms with E-state index < -0.39 is 5.97 Å². The fourth-order valence-corrected chi connectivity index (χ4v) is 2.78. The van der Waals surface area contributed by atoms with Crippen LogP contribution < -0.4 is 5.69 Å². The highest BCUT2D eigenvalue weighted by molar-refractivity contribution is 7.99. The van der Waals surface area contributed by atoms with E-state index in [4.69, 9.17) is 0 Å². The van der Waals surface area contributed by atoms with E-state index >= 15 is 0 Å². The number of benzene rings is 1. The summed E-state index contributed by atoms with van der Waals surface area (Å²) in [6.07, 6.45) is 0. The number of aromatic nitrogens is 2. The zero-order chi connectivity index (χ0) is 13.4. The molecule has 96 valence electrons. The SMILES string of the molecule is CCSc1cc2c(cc1C(=O)O)n(C)c(=O)n2C. The summed E-state index contributed by atoms with van der Waals surface area (Å²) in [4.78, 5) is 23.7. The molecule has 5 nitrogen and oxygen atoms in total. The lowest BCUT2D eigenvalue weighted by molar-refractivity contribution is 0.0693. The topological polar surface area (TPSA) is 64.2 Å². The summed E-state index contributed by atoms with van der Waals surface area (Å²) in [5, 5.41) is 9.21. The smallest absolute Gasteiger partial charge is 0.336 e. The first-order valence-corrected chi connectivity index (χ1v) is 6.51. The van der Waals surface area contributed by atoms with Gasteiger partial charge in [0.25, 0.3) is 0 Å². The molecule has 0 radical (unpaired) electrons. The Hall–Kier alpha value is -1.69. The molecule has 0 unspecified atom stereocenters. The van der Waals surface area contributed by atoms with Crippen molar-refractivity contribution in [2.45, 2.75) is 11.8 Å². The van der Waals surface area contributed by atoms with E-state index in [0.717, 1.165) is 11.3 Å². The zero-order valence-corrected chi connectivity index (χ0v) is 11.2. The fraction of sp³-hybridized carbons (Fsp3) is 0.333. The monoisotopic (exact) mass is 266 g/mol. The zero-order valence-electron chi connectivity index (χ0n) is 10.4. The third-order valence-corrected chi connectivity index (χ3v) is 3.84. The molecular weight excluding hydrogens is 252 g/mol. The lowest BCUT2D eigenvalue weighted by Gasteiger charge is -2.05. The molecule has 0 saturated carbocycles. The fourth-order valence-electron chi connectivity index (χ4n) is 1.97. The molecule has 0 atom stereocenters. The van der Waals surface area contributed by atoms with Crippen LogP contribution in [0.3, 0.4) is 0 Å². The van der Waals surface area contributed by atoms with Gasteiger partial charge in [-0.15, -0.1) is 11.8 Å². The summed E-state index contributed by atoms with van der Waals surface area (Å²) >= 11 is 1.46. The normalized spacial score (nSPS) is 11.1. The van der Waals surface area contributed by atoms with Crippen molar-refractivity contribution in [2.24, 2.45) is 14.1 Å². The standard InChI is InChI=1S/C12H14N2O3S/c1-4-18-10-6-9-8(5-7(10)11(15)16)13(2)12(17)14(9)3/h5-6H,4H2,1-3H3,(H,15,16). The van der Waals surface area contributed by atoms with Gasteiger partial charge < -0.3 is 5.11 Å². The predicted octanol–water partition coefficient (Wildman–Crippen LogP) is 1.69. The maximum absolute atomic E-state index is 11.8. The summed E-state index contributed by atoms with van der Waals surface area (Å²) in [5.41, 5.74) is 1.49. The molecule has 0 saturated heterocycles. The third-order valence-electron chi connectivity index (χ3n) is 2.90. The van der Waals surface area contributed by atoms with E-state index in [2.05, 4.69) is 0 Å². The van der Waals surface area contributed by atoms with Crippen LogP contribution >= 0.6 is 11.8 Å². The van der Waals surface area contributed by atoms with E-state index in [1.165, 1.54) is 20.9 Å². The Morgan fingerprint density at radius 2 is 1.83 bits per heavy atom. The molecule has 0 aliphatic rings. The highest BCUT2D eigenvalue weighted by Crippen LogP contribution is 2.27. The Balaban J connectivity index is 2.84. The molecule has 0 amide bonds. The maximum atomic E-state index is 11.8. The van der Waals surface area contributed by atoms with Crippen molar-refractivity contribution in [1.29, 1.82) is 0 Å². The molecule has 0 aliphatic carbocycles. The van der Waals surface area contributed by atoms with Crippen molar-refractivity contribution in [3.8, 4) is 0 Å². The Labute approximate surface area is 108 Å². The number of hydrogen-bond donors (Lipinski definition) is 1. The Bertz CT molecular complexity index is 685. The lowest BCUT2D eigenvalue weighted by Crippen LogP contribution is -2.19. The van der Waals surface area contributed by atoms with Crippen molar-refractivity contribution >= 4 is 28.8 Å². The van der Waals surface area contributed by atoms with Crippen LogP contribution in [-0.4, -0.2) is 26.0 Å². The average Bonchev–Trinajstić information content (AvgIpc) is 2.54. The second-order valence-corrected chi connectivity index (χ2v) is 5.28. The summed E-state index contributed by atoms with van der Waals surface area (Å²) in [6, 6.07) is 3.34. The molecule has 0 bridgehead atoms. The minimum Gasteiger partial charge on any atom is -0.478 e. The molecule has 1 aromatic heterocycles. The van der Waals surface area contributed by atoms with Gasteiger partial charge in [-0.05, 0) is 17.9 Å². The summed E-state index contributed by atoms with van der Waals surface area (Å²) in [5.74, 6) is -0.184. The predicted molar refractivity (Wildman–Crippen MR) is 71.5 cm³/mol. The summed E-state index contributed by atoms with van der Waals surface area (Å²) in [6.45, 7) is 1.96. The van der Waals surface area contributed by atoms with Gasteiger partial charge in [-0.1, -0.05) is 6.92 Å². The van der Waals surface area contributed by atoms with Gasteiger partial charge in [0.05, 0.1) is 16.6 Å². The number of carboxylic acid groups (broad SMARTS) is 1. The molecule has 1 aromatic carbocycles. The van der Waals surface area contributed by atoms with Gasteiger partial charge in [-0.25, -0.2) is 9.59 Å². The van der Waals surface area contributed by atoms with Gasteiger partial charge in [-0.3, -0.25) is 9.13 Å². The number of aryl methyl sites for hydroxylation is 2. The summed E-state index contributed by atoms with van der Waals surface area (Å²) < 4.78 is 2.99. The molecule has 18 heavy (non-hydrogen) atoms. The number of thioether (sulfide) groups is 1. The molecule has 2 rings (SSSR count). The molecule has 2 aromatic rings. The number of rotatable bonds is 3. The maximum Gasteiger partial charge on any atom is 0.336 e. The van der Waals surface area contributed by atoms with E-state index in [0.29, 0.717) is 10.4 Å². The Kier molecular flexibility index (Phi) is 3.21. The average molecular weight is 266 g/mol. The van der Waals surface area contributed by atoms with Crippen LogP contribution in [0.1, 0.15) is 17.3 Å². The van der Waals surface area contributed by atoms with Crippen molar-refractivity contribution in [1.82, 2.24) is 9.13 Å². The summed E-state index contributed by atoms with van der Waals surface area (Å²) in [7, 11) is 3.33. The molecule has 1 heterocycles. The minimum atomic E-state index is -0.968. The van der Waals surface area contributed by atoms with Crippen molar-refractivity contribution in [3.63, 3.8) is 0 Å². The number of imidazole rings is 1. The van der Waals surface area contributed by atoms with Gasteiger partial charge in [0, 0.05) is 19.0 Å². The first kappa shape index (κ1) is 12.8. The Morgan fingerprint density at radius 3 is 2.33 bits per heavy atom. The van der Waals surface area contributed by atoms with Crippen molar-refractivity contribution in [2.75, 3.05) is 5.75 Å². The second-order valence-electron chi connectivity index (χ2n) is 3.98. The molecule has 0 fully saturated rings. The molecular formula is C12H14N2O3S. The van der Waals surface area contributed by atoms with Gasteiger partial charge in [-0.2, -0.15) is 0 Å². The number of carbonyl (C=O) groups is 1. The van der Waals surface area contributed by atoms with E-state index in [-0.39, 0.29) is 11.3 Å². The number of nitrogens with zero attached hydrogens (tertiary/aromatic N) is 2. The van der Waals surface area contributed by atoms with Gasteiger partial charge in [0.2, 0.25) is 0 Å². The van der Waals surface area contributed by atoms with Gasteiger partial charge in [0.1, 0.15) is 0 Å². The van der Waals surface area contributed by atoms with Crippen LogP contribution in [0.25, 0.3) is 11.0 Å². The van der Waals surface area contributed by atoms with E-state index in [9.17, 15) is 14.7 Å². The molecule has 1 N–H and O–H groups in total. The first-order chi connectivity index (χ1) is 8.47. The number of hydrogen-bond acceptors (Lipinski definition) is 3. The highest BCUT2D eigenvalue weighted by Gasteiger charge is 2.16. The second kappa shape index (κ2) is 4.53. The number of fused-ring (bicyclic) bond motifs is 1. The highest BCUT2D eigenvalue weighted by atomic mass is 32.2. The van der Waals surface area contributed by atoms with Crippen LogP contribution in [0, 0.1) is 0 Å². The van der Waals surface area contributed by atoms with Crippen molar-refractivity contribution in [3.05, 3.63) is 28.2 Å². The van der Waals surface area contributed by atoms with Crippen LogP contribution in [0.5, 0.6) is 0 Å². The van der Waals surface area contributed by atoms with Crippen LogP contribution in [-0.2, 0) is 14.1 Å². The number of aromatic carboxylic acids is 1. The Morgan fingerprint density at radius 1 is 1.28 bits per heavy atom. The third kappa shape index (κ3) is 1.82. The number of carboxylic acids is 1. The van der Waals surface area contributed by atoms with E-state index in [1.807, 2.05) is 6.92 Å². The van der Waals surface area contributed by atoms with Crippen LogP contribution in [0.15, 0.2) is 21.8 Å². The largest absolute Gasteiger partial charge is 0.478 e. The molecule has 0 aliphatic heterocycles. The first-order valence-electron chi connectivity index (χ1n) is 5.53. The lowest BCUT2D eigenvalue weighted by atomic mass is 10.2. The van der Waals surface area contributed by atoms with E-state index in [1.54, 1.807) is 26.2 Å². The molecule has 6 heteroatoms. The van der Waals surface area contributed by atoms with Crippen LogP contribution in [0.4, 0.5) is 0 Å². The van der Waals surface area contributed by atoms with Crippen LogP contribution in [0.2, 0.25) is 0 Å². The minimum absolute atomic E-state index is 0.153. The molecule has 0 spiro atoms. The van der Waals surface area contributed by atoms with Crippen molar-refractivity contribution < 1.29 is 9.90 Å². The van der Waals surface area contributed by atoms with Gasteiger partial charge >= 0.3 is 11.7 Å². The quantitative estimate of drug-likeness (QED) is 0.859. The van der Waals surface area contributed by atoms with Gasteiger partial charge in [0.15, 0.2) is 0 Å².